The first kappa shape index (κ1) is 8.69. The van der Waals surface area contributed by atoms with Gasteiger partial charge in [-0.3, -0.25) is 0 Å². The van der Waals surface area contributed by atoms with Crippen molar-refractivity contribution in [1.29, 1.82) is 0 Å². The van der Waals surface area contributed by atoms with Crippen LogP contribution < -0.4 is 0 Å². The third kappa shape index (κ3) is 2.01. The molecule has 1 unspecified atom stereocenters. The zero-order valence-electron chi connectivity index (χ0n) is 5.30. The molecule has 0 fully saturated rings. The van der Waals surface area contributed by atoms with Crippen LogP contribution in [0.4, 0.5) is 0 Å². The highest BCUT2D eigenvalue weighted by atomic mass is 32.2. The maximum atomic E-state index is 10.6. The molecular weight excluding hydrogens is 192 g/mol. The lowest BCUT2D eigenvalue weighted by Gasteiger charge is -2.10. The summed E-state index contributed by atoms with van der Waals surface area (Å²) in [5.41, 5.74) is 0. The molecule has 64 valence electrons. The molecule has 1 heterocycles. The first-order valence-corrected chi connectivity index (χ1v) is 5.86. The van der Waals surface area contributed by atoms with Crippen molar-refractivity contribution >= 4 is 20.0 Å². The molecule has 0 spiro atoms. The molecule has 5 nitrogen and oxygen atoms in total. The Balaban J connectivity index is 2.99. The summed E-state index contributed by atoms with van der Waals surface area (Å²) >= 11 is 0. The van der Waals surface area contributed by atoms with Crippen LogP contribution >= 0.6 is 0 Å². The van der Waals surface area contributed by atoms with Gasteiger partial charge >= 0.3 is 0 Å². The van der Waals surface area contributed by atoms with E-state index in [0.717, 1.165) is 11.5 Å². The molecule has 0 bridgehead atoms. The molecule has 0 aromatic heterocycles. The van der Waals surface area contributed by atoms with Gasteiger partial charge in [0.2, 0.25) is 0 Å². The average molecular weight is 197 g/mol. The normalized spacial score (nSPS) is 29.0. The first-order chi connectivity index (χ1) is 4.81. The van der Waals surface area contributed by atoms with Crippen LogP contribution in [0.3, 0.4) is 0 Å². The van der Waals surface area contributed by atoms with Crippen LogP contribution in [-0.2, 0) is 20.0 Å². The molecule has 1 aliphatic heterocycles. The zero-order valence-corrected chi connectivity index (χ0v) is 6.93. The van der Waals surface area contributed by atoms with E-state index in [2.05, 4.69) is 0 Å². The van der Waals surface area contributed by atoms with Crippen LogP contribution in [0.2, 0.25) is 0 Å². The molecule has 0 N–H and O–H groups in total. The molecule has 0 aromatic rings. The molecule has 0 amide bonds. The average Bonchev–Trinajstić information content (AvgIpc) is 2.07. The van der Waals surface area contributed by atoms with Crippen molar-refractivity contribution in [3.8, 4) is 0 Å². The molecular formula is C4H5O5S2-. The second-order valence-corrected chi connectivity index (χ2v) is 5.71. The van der Waals surface area contributed by atoms with E-state index in [-0.39, 0.29) is 0 Å². The maximum Gasteiger partial charge on any atom is 0.172 e. The first-order valence-electron chi connectivity index (χ1n) is 2.67. The highest BCUT2D eigenvalue weighted by molar-refractivity contribution is 7.96. The molecule has 11 heavy (non-hydrogen) atoms. The van der Waals surface area contributed by atoms with Gasteiger partial charge in [0.05, 0.1) is 11.0 Å². The molecule has 1 rings (SSSR count). The largest absolute Gasteiger partial charge is 0.747 e. The van der Waals surface area contributed by atoms with Gasteiger partial charge in [-0.15, -0.1) is 0 Å². The minimum Gasteiger partial charge on any atom is -0.747 e. The Kier molecular flexibility index (Phi) is 1.81. The lowest BCUT2D eigenvalue weighted by atomic mass is 10.5. The molecule has 1 atom stereocenters. The summed E-state index contributed by atoms with van der Waals surface area (Å²) in [4.78, 5) is 0. The number of hydrogen-bond donors (Lipinski definition) is 0. The van der Waals surface area contributed by atoms with Gasteiger partial charge in [-0.2, -0.15) is 0 Å². The molecule has 1 aliphatic rings. The maximum absolute atomic E-state index is 10.6. The van der Waals surface area contributed by atoms with Gasteiger partial charge in [0.1, 0.15) is 10.1 Å². The van der Waals surface area contributed by atoms with E-state index >= 15 is 0 Å². The lowest BCUT2D eigenvalue weighted by molar-refractivity contribution is 0.458. The SMILES string of the molecule is O=S1(=O)C=CC(S(=O)(=O)[O-])C1. The smallest absolute Gasteiger partial charge is 0.172 e. The van der Waals surface area contributed by atoms with Crippen molar-refractivity contribution in [1.82, 2.24) is 0 Å². The van der Waals surface area contributed by atoms with Crippen LogP contribution in [0.1, 0.15) is 0 Å². The third-order valence-corrected chi connectivity index (χ3v) is 3.94. The summed E-state index contributed by atoms with van der Waals surface area (Å²) in [6.07, 6.45) is 0.900. The van der Waals surface area contributed by atoms with Gasteiger partial charge in [0.25, 0.3) is 0 Å². The monoisotopic (exact) mass is 197 g/mol. The van der Waals surface area contributed by atoms with E-state index < -0.39 is 31.0 Å². The second kappa shape index (κ2) is 2.29. The zero-order chi connectivity index (χ0) is 8.70. The fourth-order valence-corrected chi connectivity index (χ4v) is 3.44. The predicted molar refractivity (Wildman–Crippen MR) is 36.4 cm³/mol. The summed E-state index contributed by atoms with van der Waals surface area (Å²) < 4.78 is 51.9. The van der Waals surface area contributed by atoms with Crippen molar-refractivity contribution in [2.75, 3.05) is 5.75 Å². The fraction of sp³-hybridized carbons (Fsp3) is 0.500. The van der Waals surface area contributed by atoms with Crippen LogP contribution in [0.5, 0.6) is 0 Å². The minimum atomic E-state index is -4.49. The van der Waals surface area contributed by atoms with E-state index in [9.17, 15) is 21.4 Å². The summed E-state index contributed by atoms with van der Waals surface area (Å²) in [5.74, 6) is -0.612. The van der Waals surface area contributed by atoms with E-state index in [1.54, 1.807) is 0 Å². The van der Waals surface area contributed by atoms with Crippen molar-refractivity contribution in [3.63, 3.8) is 0 Å². The predicted octanol–water partition coefficient (Wildman–Crippen LogP) is -1.16. The molecule has 0 aliphatic carbocycles. The highest BCUT2D eigenvalue weighted by Gasteiger charge is 2.26. The number of sulfone groups is 1. The Morgan fingerprint density at radius 1 is 1.45 bits per heavy atom. The van der Waals surface area contributed by atoms with Crippen molar-refractivity contribution in [2.24, 2.45) is 0 Å². The van der Waals surface area contributed by atoms with Crippen LogP contribution in [-0.4, -0.2) is 32.4 Å². The quantitative estimate of drug-likeness (QED) is 0.494. The summed E-state index contributed by atoms with van der Waals surface area (Å²) in [7, 11) is -7.93. The minimum absolute atomic E-state index is 0.612. The van der Waals surface area contributed by atoms with Gasteiger partial charge in [-0.05, 0) is 0 Å². The molecule has 7 heteroatoms. The summed E-state index contributed by atoms with van der Waals surface area (Å²) in [6.45, 7) is 0. The Hall–Kier alpha value is -0.400. The number of rotatable bonds is 1. The van der Waals surface area contributed by atoms with Crippen molar-refractivity contribution < 1.29 is 21.4 Å². The summed E-state index contributed by atoms with van der Waals surface area (Å²) in [5, 5.41) is -0.639. The van der Waals surface area contributed by atoms with E-state index in [1.165, 1.54) is 0 Å². The van der Waals surface area contributed by atoms with E-state index in [4.69, 9.17) is 0 Å². The Bertz CT molecular complexity index is 373. The fourth-order valence-electron chi connectivity index (χ4n) is 0.727. The Labute approximate surface area is 64.4 Å². The topological polar surface area (TPSA) is 91.3 Å². The third-order valence-electron chi connectivity index (χ3n) is 1.27. The van der Waals surface area contributed by atoms with Crippen molar-refractivity contribution in [2.45, 2.75) is 5.25 Å². The van der Waals surface area contributed by atoms with Gasteiger partial charge in [0.15, 0.2) is 9.84 Å². The summed E-state index contributed by atoms with van der Waals surface area (Å²) in [6, 6.07) is 0. The van der Waals surface area contributed by atoms with Gasteiger partial charge in [-0.1, -0.05) is 6.08 Å². The molecule has 0 saturated carbocycles. The van der Waals surface area contributed by atoms with Crippen molar-refractivity contribution in [3.05, 3.63) is 11.5 Å². The molecule has 0 saturated heterocycles. The van der Waals surface area contributed by atoms with E-state index in [1.807, 2.05) is 0 Å². The van der Waals surface area contributed by atoms with Gasteiger partial charge in [-0.25, -0.2) is 16.8 Å². The lowest BCUT2D eigenvalue weighted by Crippen LogP contribution is -2.21. The molecule has 0 aromatic carbocycles. The highest BCUT2D eigenvalue weighted by Crippen LogP contribution is 2.13. The Morgan fingerprint density at radius 2 is 2.00 bits per heavy atom. The van der Waals surface area contributed by atoms with Gasteiger partial charge in [0, 0.05) is 5.41 Å². The van der Waals surface area contributed by atoms with Crippen LogP contribution in [0.25, 0.3) is 0 Å². The molecule has 0 radical (unpaired) electrons. The van der Waals surface area contributed by atoms with Crippen LogP contribution in [0, 0.1) is 0 Å². The second-order valence-electron chi connectivity index (χ2n) is 2.19. The number of hydrogen-bond acceptors (Lipinski definition) is 5. The standard InChI is InChI=1S/C4H6O5S2/c5-10(6)2-1-4(3-10)11(7,8)9/h1-2,4H,3H2,(H,7,8,9)/p-1. The Morgan fingerprint density at radius 3 is 2.18 bits per heavy atom. The van der Waals surface area contributed by atoms with Gasteiger partial charge < -0.3 is 4.55 Å². The van der Waals surface area contributed by atoms with Crippen LogP contribution in [0.15, 0.2) is 11.5 Å². The van der Waals surface area contributed by atoms with E-state index in [0.29, 0.717) is 0 Å².